The molecule has 3 aromatic carbocycles. The molecule has 6 rings (SSSR count). The SMILES string of the molecule is COc1ccc(-c2cc(-c3ccccc3)nc3sc(C(=O)c4c([O-])on[n+]4-c4ccc(C)cc4)c(N)c23)cc1OC. The Hall–Kier alpha value is -5.22. The summed E-state index contributed by atoms with van der Waals surface area (Å²) in [7, 11) is 3.14. The predicted octanol–water partition coefficient (Wildman–Crippen LogP) is 5.11. The minimum atomic E-state index is -0.856. The number of methoxy groups -OCH3 is 2. The molecule has 41 heavy (non-hydrogen) atoms. The van der Waals surface area contributed by atoms with E-state index in [2.05, 4.69) is 5.27 Å². The second-order valence-corrected chi connectivity index (χ2v) is 10.3. The number of carbonyl (C=O) groups is 1. The molecule has 6 aromatic rings. The molecule has 0 bridgehead atoms. The number of thiophene rings is 1. The first-order valence-corrected chi connectivity index (χ1v) is 13.4. The van der Waals surface area contributed by atoms with Crippen molar-refractivity contribution < 1.29 is 28.6 Å². The number of nitrogens with two attached hydrogens (primary N) is 1. The number of fused-ring (bicyclic) bond motifs is 1. The fraction of sp³-hybridized carbons (Fsp3) is 0.0968. The summed E-state index contributed by atoms with van der Waals surface area (Å²) < 4.78 is 17.1. The second-order valence-electron chi connectivity index (χ2n) is 9.30. The maximum absolute atomic E-state index is 13.9. The number of hydrogen-bond donors (Lipinski definition) is 1. The molecule has 0 radical (unpaired) electrons. The van der Waals surface area contributed by atoms with E-state index in [9.17, 15) is 9.90 Å². The fourth-order valence-electron chi connectivity index (χ4n) is 4.68. The van der Waals surface area contributed by atoms with Gasteiger partial charge in [-0.2, -0.15) is 0 Å². The van der Waals surface area contributed by atoms with Crippen molar-refractivity contribution >= 4 is 33.0 Å². The number of anilines is 1. The van der Waals surface area contributed by atoms with Crippen LogP contribution in [0.4, 0.5) is 5.69 Å². The van der Waals surface area contributed by atoms with Gasteiger partial charge in [-0.15, -0.1) is 11.3 Å². The van der Waals surface area contributed by atoms with E-state index in [0.29, 0.717) is 33.1 Å². The summed E-state index contributed by atoms with van der Waals surface area (Å²) in [6, 6.07) is 24.4. The lowest BCUT2D eigenvalue weighted by Crippen LogP contribution is -2.39. The molecule has 204 valence electrons. The van der Waals surface area contributed by atoms with Gasteiger partial charge < -0.3 is 24.8 Å². The number of aryl methyl sites for hydroxylation is 1. The zero-order valence-corrected chi connectivity index (χ0v) is 23.2. The van der Waals surface area contributed by atoms with Crippen LogP contribution in [0.1, 0.15) is 20.9 Å². The van der Waals surface area contributed by atoms with Gasteiger partial charge in [-0.25, -0.2) is 4.98 Å². The van der Waals surface area contributed by atoms with Crippen LogP contribution in [0.5, 0.6) is 17.4 Å². The number of nitrogen functional groups attached to an aromatic ring is 1. The monoisotopic (exact) mass is 564 g/mol. The third-order valence-electron chi connectivity index (χ3n) is 6.77. The zero-order chi connectivity index (χ0) is 28.7. The first-order valence-electron chi connectivity index (χ1n) is 12.6. The minimum Gasteiger partial charge on any atom is -0.539 e. The Kier molecular flexibility index (Phi) is 6.60. The van der Waals surface area contributed by atoms with Crippen molar-refractivity contribution in [2.75, 3.05) is 20.0 Å². The standard InChI is InChI=1S/C31H24N4O5S/c1-17-9-12-20(13-10-17)35-27(31(37)40-34-35)28(36)29-26(32)25-21(19-11-14-23(38-2)24(15-19)39-3)16-22(33-30(25)41-29)18-7-5-4-6-8-18/h4-16H,1-3H3,(H2-,32,34,36,37). The fourth-order valence-corrected chi connectivity index (χ4v) is 5.75. The summed E-state index contributed by atoms with van der Waals surface area (Å²) in [6.07, 6.45) is 0. The minimum absolute atomic E-state index is 0.167. The average molecular weight is 565 g/mol. The molecule has 0 amide bonds. The molecule has 10 heteroatoms. The molecule has 0 atom stereocenters. The summed E-state index contributed by atoms with van der Waals surface area (Å²) in [5.74, 6) is -0.335. The van der Waals surface area contributed by atoms with Gasteiger partial charge in [0.05, 0.1) is 30.9 Å². The number of aromatic nitrogens is 3. The van der Waals surface area contributed by atoms with Gasteiger partial charge in [-0.1, -0.05) is 54.1 Å². The average Bonchev–Trinajstić information content (AvgIpc) is 3.56. The van der Waals surface area contributed by atoms with Gasteiger partial charge in [0.2, 0.25) is 5.69 Å². The first-order chi connectivity index (χ1) is 19.9. The number of pyridine rings is 1. The molecule has 0 spiro atoms. The van der Waals surface area contributed by atoms with Crippen molar-refractivity contribution in [3.63, 3.8) is 0 Å². The lowest BCUT2D eigenvalue weighted by atomic mass is 9.98. The van der Waals surface area contributed by atoms with Crippen LogP contribution >= 0.6 is 11.3 Å². The summed E-state index contributed by atoms with van der Waals surface area (Å²) >= 11 is 1.12. The van der Waals surface area contributed by atoms with E-state index in [1.807, 2.05) is 73.7 Å². The highest BCUT2D eigenvalue weighted by atomic mass is 32.1. The van der Waals surface area contributed by atoms with E-state index in [-0.39, 0.29) is 16.3 Å². The Morgan fingerprint density at radius 2 is 1.68 bits per heavy atom. The molecule has 0 saturated carbocycles. The lowest BCUT2D eigenvalue weighted by Gasteiger charge is -2.12. The van der Waals surface area contributed by atoms with E-state index in [0.717, 1.165) is 33.6 Å². The largest absolute Gasteiger partial charge is 0.539 e. The smallest absolute Gasteiger partial charge is 0.312 e. The Morgan fingerprint density at radius 1 is 0.951 bits per heavy atom. The van der Waals surface area contributed by atoms with Gasteiger partial charge >= 0.3 is 5.69 Å². The molecular weight excluding hydrogens is 540 g/mol. The van der Waals surface area contributed by atoms with Crippen molar-refractivity contribution in [2.45, 2.75) is 6.92 Å². The van der Waals surface area contributed by atoms with Crippen LogP contribution in [-0.2, 0) is 0 Å². The third kappa shape index (κ3) is 4.53. The molecule has 0 aliphatic carbocycles. The number of rotatable bonds is 7. The number of hydrogen-bond acceptors (Lipinski definition) is 9. The Morgan fingerprint density at radius 3 is 2.39 bits per heavy atom. The van der Waals surface area contributed by atoms with Gasteiger partial charge in [-0.3, -0.25) is 4.79 Å². The van der Waals surface area contributed by atoms with Crippen molar-refractivity contribution in [1.29, 1.82) is 0 Å². The quantitative estimate of drug-likeness (QED) is 0.209. The number of carbonyl (C=O) groups excluding carboxylic acids is 1. The van der Waals surface area contributed by atoms with Gasteiger partial charge in [0.1, 0.15) is 9.71 Å². The van der Waals surface area contributed by atoms with E-state index in [4.69, 9.17) is 24.7 Å². The normalized spacial score (nSPS) is 11.1. The van der Waals surface area contributed by atoms with Gasteiger partial charge in [0.25, 0.3) is 5.78 Å². The molecule has 0 saturated heterocycles. The van der Waals surface area contributed by atoms with E-state index in [1.165, 1.54) is 4.68 Å². The lowest BCUT2D eigenvalue weighted by molar-refractivity contribution is -0.672. The maximum Gasteiger partial charge on any atom is 0.312 e. The molecule has 0 aliphatic rings. The summed E-state index contributed by atoms with van der Waals surface area (Å²) in [6.45, 7) is 1.94. The first kappa shape index (κ1) is 26.0. The van der Waals surface area contributed by atoms with Crippen LogP contribution in [0.3, 0.4) is 0 Å². The summed E-state index contributed by atoms with van der Waals surface area (Å²) in [4.78, 5) is 19.5. The number of nitrogens with zero attached hydrogens (tertiary/aromatic N) is 3. The summed E-state index contributed by atoms with van der Waals surface area (Å²) in [5, 5.41) is 17.2. The highest BCUT2D eigenvalue weighted by Crippen LogP contribution is 2.43. The molecular formula is C31H24N4O5S. The van der Waals surface area contributed by atoms with Crippen LogP contribution in [0.15, 0.2) is 83.4 Å². The van der Waals surface area contributed by atoms with Crippen molar-refractivity contribution in [3.05, 3.63) is 95.0 Å². The molecule has 0 aliphatic heterocycles. The Labute approximate surface area is 239 Å². The van der Waals surface area contributed by atoms with Gasteiger partial charge in [0, 0.05) is 23.1 Å². The molecule has 0 unspecified atom stereocenters. The zero-order valence-electron chi connectivity index (χ0n) is 22.4. The van der Waals surface area contributed by atoms with Crippen molar-refractivity contribution in [3.8, 4) is 45.5 Å². The molecule has 3 aromatic heterocycles. The van der Waals surface area contributed by atoms with Gasteiger partial charge in [-0.05, 0) is 40.9 Å². The number of ether oxygens (including phenoxy) is 2. The van der Waals surface area contributed by atoms with Crippen LogP contribution in [-0.4, -0.2) is 30.3 Å². The highest BCUT2D eigenvalue weighted by Gasteiger charge is 2.33. The second kappa shape index (κ2) is 10.4. The van der Waals surface area contributed by atoms with Gasteiger partial charge in [0.15, 0.2) is 17.4 Å². The Bertz CT molecular complexity index is 1910. The molecule has 2 N–H and O–H groups in total. The van der Waals surface area contributed by atoms with Crippen LogP contribution in [0, 0.1) is 6.92 Å². The topological polar surface area (TPSA) is 127 Å². The Balaban J connectivity index is 1.57. The third-order valence-corrected chi connectivity index (χ3v) is 7.87. The highest BCUT2D eigenvalue weighted by molar-refractivity contribution is 7.21. The number of benzene rings is 3. The van der Waals surface area contributed by atoms with Crippen molar-refractivity contribution in [2.24, 2.45) is 0 Å². The molecule has 0 fully saturated rings. The van der Waals surface area contributed by atoms with E-state index < -0.39 is 11.7 Å². The summed E-state index contributed by atoms with van der Waals surface area (Å²) in [5.41, 5.74) is 11.3. The maximum atomic E-state index is 13.9. The van der Waals surface area contributed by atoms with Crippen LogP contribution in [0.2, 0.25) is 0 Å². The number of ketones is 1. The van der Waals surface area contributed by atoms with E-state index >= 15 is 0 Å². The van der Waals surface area contributed by atoms with Crippen LogP contribution < -0.4 is 25.0 Å². The van der Waals surface area contributed by atoms with E-state index in [1.54, 1.807) is 26.4 Å². The molecule has 3 heterocycles. The molecule has 9 nitrogen and oxygen atoms in total. The van der Waals surface area contributed by atoms with Crippen LogP contribution in [0.25, 0.3) is 38.3 Å². The predicted molar refractivity (Wildman–Crippen MR) is 154 cm³/mol. The van der Waals surface area contributed by atoms with Crippen molar-refractivity contribution in [1.82, 2.24) is 10.3 Å².